The molecule has 45 heteroatoms. The van der Waals surface area contributed by atoms with Crippen LogP contribution in [-0.2, 0) is 117 Å². The first-order chi connectivity index (χ1) is 64.1. The number of carbonyl (C=O) groups is 19. The van der Waals surface area contributed by atoms with E-state index in [0.717, 1.165) is 36.3 Å². The number of aromatic amines is 1. The molecule has 3 saturated heterocycles. The molecular weight excluding hydrogens is 1780 g/mol. The quantitative estimate of drug-likeness (QED) is 0.0238. The number of primary amides is 3. The van der Waals surface area contributed by atoms with E-state index < -0.39 is 286 Å². The van der Waals surface area contributed by atoms with Crippen molar-refractivity contribution in [1.82, 2.24) is 87.2 Å². The van der Waals surface area contributed by atoms with Gasteiger partial charge in [0.15, 0.2) is 0 Å². The van der Waals surface area contributed by atoms with Crippen LogP contribution in [0.25, 0.3) is 21.8 Å². The summed E-state index contributed by atoms with van der Waals surface area (Å²) >= 11 is 0.780. The van der Waals surface area contributed by atoms with Crippen molar-refractivity contribution in [2.75, 3.05) is 72.6 Å². The number of rotatable bonds is 27. The highest BCUT2D eigenvalue weighted by molar-refractivity contribution is 8.00. The third-order valence-electron chi connectivity index (χ3n) is 23.9. The van der Waals surface area contributed by atoms with E-state index in [-0.39, 0.29) is 57.4 Å². The number of fused-ring (bicyclic) bond motifs is 4. The summed E-state index contributed by atoms with van der Waals surface area (Å²) in [6, 6.07) is -3.50. The number of aliphatic hydroxyl groups is 3. The normalized spacial score (nSPS) is 24.7. The number of carboxylic acid groups (broad SMARTS) is 1. The second-order valence-electron chi connectivity index (χ2n) is 34.4. The van der Waals surface area contributed by atoms with E-state index in [4.69, 9.17) is 21.9 Å². The summed E-state index contributed by atoms with van der Waals surface area (Å²) in [7, 11) is 5.25. The van der Waals surface area contributed by atoms with Crippen LogP contribution in [-0.4, -0.2) is 330 Å². The zero-order chi connectivity index (χ0) is 99.4. The first-order valence-corrected chi connectivity index (χ1v) is 46.0. The molecule has 0 radical (unpaired) electrons. The van der Waals surface area contributed by atoms with Crippen molar-refractivity contribution >= 4 is 146 Å². The van der Waals surface area contributed by atoms with Crippen LogP contribution < -0.4 is 75.1 Å². The zero-order valence-electron chi connectivity index (χ0n) is 77.1. The molecule has 15 atom stereocenters. The number of aromatic nitrogens is 2. The highest BCUT2D eigenvalue weighted by Crippen LogP contribution is 2.29. The van der Waals surface area contributed by atoms with E-state index in [2.05, 4.69) is 58.2 Å². The fourth-order valence-electron chi connectivity index (χ4n) is 16.5. The lowest BCUT2D eigenvalue weighted by molar-refractivity contribution is -0.149. The topological polar surface area (TPSA) is 650 Å². The van der Waals surface area contributed by atoms with Gasteiger partial charge in [0.25, 0.3) is 0 Å². The van der Waals surface area contributed by atoms with Crippen LogP contribution in [0.15, 0.2) is 85.2 Å². The van der Waals surface area contributed by atoms with Gasteiger partial charge in [0, 0.05) is 106 Å². The van der Waals surface area contributed by atoms with Crippen molar-refractivity contribution in [1.29, 1.82) is 0 Å². The molecule has 736 valence electrons. The minimum absolute atomic E-state index is 0.0221. The molecule has 21 N–H and O–H groups in total. The van der Waals surface area contributed by atoms with Crippen LogP contribution in [0, 0.1) is 5.92 Å². The van der Waals surface area contributed by atoms with Gasteiger partial charge in [-0.1, -0.05) is 102 Å². The number of amides is 18. The standard InChI is InChI=1S/C90H126N20O24S/c1-10-12-22-68-83(126)98-59(33-48(3)4)79(122)104-66(78(121)95-40-74(93)116)46-135-47-75(117)96-61(34-50-26-28-54(134-9)29-27-50)86(129)105(6)49(5)77(120)100-63(38-73(92)115)89(132)109-32-18-25-69(109)84(127)103-65(45-112)81(124)97-58(30-31-72(91)114)88(131)110-42-53(113)37-71(110)85(128)99-60(35-51-39-94-57-21-16-14-19-55(51)57)80(123)102-64(44-111)82(125)101-62(87(130)107(8)70(23-13-11-2)90(133)106(68)7)36-52-41-108(43-76(118)119)67-24-17-15-20-56(52)67/h14-17,19-21,24,26-29,39,41,48-49,53,58-66,68-71,94,111-113H,10-13,18,22-23,25,30-38,40,42-47H2,1-9H3,(H2,91,114)(H2,92,115)(H2,93,116)(H,95,121)(H,96,117)(H,97,124)(H,98,126)(H,99,128)(H,100,120)(H,101,125)(H,102,123)(H,103,127)(H,104,122)(H,118,119)/t49-,53+,58-,59-,60-,61-,62-,63+,64-,65-,66-,68-,69-,70-,71-/m0/s1. The third-order valence-corrected chi connectivity index (χ3v) is 25.0. The molecule has 3 aliphatic heterocycles. The number of methoxy groups -OCH3 is 1. The molecule has 5 heterocycles. The van der Waals surface area contributed by atoms with Crippen molar-refractivity contribution in [3.8, 4) is 5.75 Å². The molecule has 44 nitrogen and oxygen atoms in total. The summed E-state index contributed by atoms with van der Waals surface area (Å²) in [6.45, 7) is 3.92. The number of aliphatic carboxylic acids is 1. The summed E-state index contributed by atoms with van der Waals surface area (Å²) in [4.78, 5) is 282. The number of H-pyrrole nitrogens is 1. The summed E-state index contributed by atoms with van der Waals surface area (Å²) < 4.78 is 6.72. The Bertz CT molecular complexity index is 5130. The second kappa shape index (κ2) is 50.7. The number of unbranched alkanes of at least 4 members (excludes halogenated alkanes) is 2. The monoisotopic (exact) mass is 1900 g/mol. The number of thioether (sulfide) groups is 1. The minimum atomic E-state index is -2.00. The van der Waals surface area contributed by atoms with E-state index in [1.54, 1.807) is 86.6 Å². The number of ether oxygens (including phenoxy) is 1. The van der Waals surface area contributed by atoms with Crippen molar-refractivity contribution in [2.45, 2.75) is 235 Å². The zero-order valence-corrected chi connectivity index (χ0v) is 77.9. The van der Waals surface area contributed by atoms with Crippen LogP contribution in [0.4, 0.5) is 0 Å². The van der Waals surface area contributed by atoms with Crippen molar-refractivity contribution < 1.29 is 116 Å². The van der Waals surface area contributed by atoms with Crippen molar-refractivity contribution in [3.05, 3.63) is 102 Å². The number of likely N-dealkylation sites (N-methyl/N-ethyl adjacent to an activating group) is 3. The fraction of sp³-hybridized carbons (Fsp3) is 0.544. The number of aliphatic hydroxyl groups excluding tert-OH is 3. The van der Waals surface area contributed by atoms with E-state index in [1.807, 2.05) is 13.8 Å². The number of hydrogen-bond donors (Lipinski definition) is 18. The predicted molar refractivity (Wildman–Crippen MR) is 490 cm³/mol. The maximum absolute atomic E-state index is 15.9. The summed E-state index contributed by atoms with van der Waals surface area (Å²) in [5.41, 5.74) is 18.8. The second-order valence-corrected chi connectivity index (χ2v) is 35.4. The van der Waals surface area contributed by atoms with Gasteiger partial charge in [-0.25, -0.2) is 0 Å². The molecular formula is C90H126N20O24S. The largest absolute Gasteiger partial charge is 0.497 e. The molecule has 3 aromatic carbocycles. The van der Waals surface area contributed by atoms with E-state index in [9.17, 15) is 78.0 Å². The van der Waals surface area contributed by atoms with Gasteiger partial charge in [0.2, 0.25) is 106 Å². The Kier molecular flexibility index (Phi) is 40.2. The van der Waals surface area contributed by atoms with Crippen LogP contribution in [0.2, 0.25) is 0 Å². The van der Waals surface area contributed by atoms with E-state index in [1.165, 1.54) is 52.1 Å². The van der Waals surface area contributed by atoms with Crippen LogP contribution in [0.3, 0.4) is 0 Å². The summed E-state index contributed by atoms with van der Waals surface area (Å²) in [6.07, 6.45) is -0.784. The van der Waals surface area contributed by atoms with Gasteiger partial charge < -0.3 is 130 Å². The number of nitrogens with one attached hydrogen (secondary N) is 11. The van der Waals surface area contributed by atoms with Crippen LogP contribution >= 0.6 is 11.8 Å². The molecule has 0 unspecified atom stereocenters. The number of hydrogen-bond acceptors (Lipinski definition) is 24. The number of carboxylic acids is 1. The molecule has 0 bridgehead atoms. The first kappa shape index (κ1) is 107. The molecule has 8 rings (SSSR count). The van der Waals surface area contributed by atoms with Crippen LogP contribution in [0.1, 0.15) is 135 Å². The highest BCUT2D eigenvalue weighted by atomic mass is 32.2. The average molecular weight is 1900 g/mol. The maximum atomic E-state index is 15.9. The maximum Gasteiger partial charge on any atom is 0.323 e. The van der Waals surface area contributed by atoms with Gasteiger partial charge in [-0.2, -0.15) is 0 Å². The highest BCUT2D eigenvalue weighted by Gasteiger charge is 2.47. The van der Waals surface area contributed by atoms with E-state index in [0.29, 0.717) is 63.5 Å². The lowest BCUT2D eigenvalue weighted by Crippen LogP contribution is -2.62. The van der Waals surface area contributed by atoms with Gasteiger partial charge in [0.1, 0.15) is 96.9 Å². The molecule has 5 aromatic rings. The smallest absolute Gasteiger partial charge is 0.323 e. The Morgan fingerprint density at radius 2 is 1.10 bits per heavy atom. The molecule has 135 heavy (non-hydrogen) atoms. The Morgan fingerprint density at radius 3 is 1.73 bits per heavy atom. The number of benzene rings is 3. The number of para-hydroxylation sites is 2. The third kappa shape index (κ3) is 29.6. The number of nitrogens with zero attached hydrogens (tertiary/aromatic N) is 6. The predicted octanol–water partition coefficient (Wildman–Crippen LogP) is -4.04. The fourth-order valence-corrected chi connectivity index (χ4v) is 17.4. The molecule has 0 saturated carbocycles. The average Bonchev–Trinajstić information content (AvgIpc) is 1.81. The number of nitrogens with two attached hydrogens (primary N) is 3. The molecule has 2 aromatic heterocycles. The molecule has 0 aliphatic carbocycles. The van der Waals surface area contributed by atoms with Gasteiger partial charge in [0.05, 0.1) is 45.1 Å². The van der Waals surface area contributed by atoms with Gasteiger partial charge in [-0.05, 0) is 92.3 Å². The molecule has 0 spiro atoms. The Hall–Kier alpha value is -13.3. The van der Waals surface area contributed by atoms with E-state index >= 15 is 33.6 Å². The van der Waals surface area contributed by atoms with Crippen molar-refractivity contribution in [3.63, 3.8) is 0 Å². The SMILES string of the molecule is CCCC[C@H]1C(=O)N(C)[C@@H](CCCC)C(=O)N[C@@H](CC(C)C)C(=O)N[C@H](C(=O)NCC(N)=O)CSCC(=O)N[C@@H](Cc2ccc(OC)cc2)C(=O)N(C)[C@@H](C)C(=O)N[C@H](CC(N)=O)C(=O)N2CCC[C@H]2C(=O)N[C@@H](CO)C(=O)N[C@@H](CCC(N)=O)C(=O)N2C[C@H](O)C[C@H]2C(=O)N[C@@H](Cc2c[nH]c3ccccc23)C(=O)N[C@@H](CO)C(=O)N[C@@H](Cc2cn(CC(=O)O)c3ccccc23)C(=O)N1C. The lowest BCUT2D eigenvalue weighted by atomic mass is 9.99. The van der Waals surface area contributed by atoms with Gasteiger partial charge >= 0.3 is 5.97 Å². The summed E-state index contributed by atoms with van der Waals surface area (Å²) in [5.74, 6) is -20.4. The van der Waals surface area contributed by atoms with Crippen molar-refractivity contribution in [2.24, 2.45) is 23.1 Å². The minimum Gasteiger partial charge on any atom is -0.497 e. The molecule has 3 aliphatic rings. The lowest BCUT2D eigenvalue weighted by Gasteiger charge is -2.36. The molecule has 18 amide bonds. The Balaban J connectivity index is 1.20. The van der Waals surface area contributed by atoms with Crippen LogP contribution in [0.5, 0.6) is 5.75 Å². The summed E-state index contributed by atoms with van der Waals surface area (Å²) in [5, 5.41) is 69.9. The molecule has 3 fully saturated rings. The Labute approximate surface area is 783 Å². The Morgan fingerprint density at radius 1 is 0.556 bits per heavy atom. The number of carbonyl (C=O) groups excluding carboxylic acids is 18. The van der Waals surface area contributed by atoms with Gasteiger partial charge in [-0.3, -0.25) is 91.1 Å². The van der Waals surface area contributed by atoms with Gasteiger partial charge in [-0.15, -0.1) is 11.8 Å². The first-order valence-electron chi connectivity index (χ1n) is 44.8.